The molecular formula is C21H17B. The van der Waals surface area contributed by atoms with Gasteiger partial charge in [-0.3, -0.25) is 0 Å². The van der Waals surface area contributed by atoms with Crippen LogP contribution in [0.2, 0.25) is 0 Å². The van der Waals surface area contributed by atoms with Crippen molar-refractivity contribution in [3.63, 3.8) is 0 Å². The van der Waals surface area contributed by atoms with Crippen molar-refractivity contribution in [3.05, 3.63) is 96.1 Å². The number of hydrogen-bond acceptors (Lipinski definition) is 0. The fourth-order valence-electron chi connectivity index (χ4n) is 2.78. The summed E-state index contributed by atoms with van der Waals surface area (Å²) >= 11 is 0. The Morgan fingerprint density at radius 3 is 2.32 bits per heavy atom. The molecule has 0 aromatic heterocycles. The Bertz CT molecular complexity index is 802. The minimum absolute atomic E-state index is 0.807. The van der Waals surface area contributed by atoms with E-state index in [2.05, 4.69) is 55.1 Å². The normalized spacial score (nSPS) is 10.4. The molecule has 104 valence electrons. The molecule has 0 atom stereocenters. The van der Waals surface area contributed by atoms with E-state index in [1.807, 2.05) is 30.3 Å². The first kappa shape index (κ1) is 14.4. The van der Waals surface area contributed by atoms with E-state index in [0.29, 0.717) is 0 Å². The molecule has 0 heterocycles. The van der Waals surface area contributed by atoms with Gasteiger partial charge in [-0.05, 0) is 34.2 Å². The lowest BCUT2D eigenvalue weighted by molar-refractivity contribution is 1.20. The van der Waals surface area contributed by atoms with Crippen LogP contribution < -0.4 is 5.46 Å². The fourth-order valence-corrected chi connectivity index (χ4v) is 2.78. The minimum atomic E-state index is 0.807. The molecule has 1 heteroatoms. The van der Waals surface area contributed by atoms with Crippen LogP contribution in [-0.2, 0) is 6.42 Å². The van der Waals surface area contributed by atoms with E-state index in [4.69, 9.17) is 7.85 Å². The van der Waals surface area contributed by atoms with Crippen LogP contribution in [0.5, 0.6) is 0 Å². The summed E-state index contributed by atoms with van der Waals surface area (Å²) in [7, 11) is 5.89. The summed E-state index contributed by atoms with van der Waals surface area (Å²) in [6.07, 6.45) is 2.78. The molecule has 0 aliphatic rings. The summed E-state index contributed by atoms with van der Waals surface area (Å²) in [6.45, 7) is 3.93. The lowest BCUT2D eigenvalue weighted by Crippen LogP contribution is -2.03. The van der Waals surface area contributed by atoms with E-state index in [-0.39, 0.29) is 0 Å². The molecule has 0 N–H and O–H groups in total. The maximum absolute atomic E-state index is 5.89. The molecule has 0 bridgehead atoms. The van der Waals surface area contributed by atoms with E-state index in [0.717, 1.165) is 17.4 Å². The topological polar surface area (TPSA) is 0 Å². The summed E-state index contributed by atoms with van der Waals surface area (Å²) in [5.41, 5.74) is 6.95. The molecule has 0 aliphatic carbocycles. The molecule has 2 radical (unpaired) electrons. The lowest BCUT2D eigenvalue weighted by Gasteiger charge is -2.13. The summed E-state index contributed by atoms with van der Waals surface area (Å²) in [4.78, 5) is 0. The van der Waals surface area contributed by atoms with Crippen LogP contribution in [0.3, 0.4) is 0 Å². The van der Waals surface area contributed by atoms with Gasteiger partial charge in [0.25, 0.3) is 0 Å². The molecule has 0 amide bonds. The van der Waals surface area contributed by atoms with Crippen molar-refractivity contribution in [1.29, 1.82) is 0 Å². The van der Waals surface area contributed by atoms with E-state index in [1.54, 1.807) is 0 Å². The fraction of sp³-hybridized carbons (Fsp3) is 0.0476. The van der Waals surface area contributed by atoms with E-state index in [9.17, 15) is 0 Å². The zero-order chi connectivity index (χ0) is 15.4. The third-order valence-corrected chi connectivity index (χ3v) is 3.83. The van der Waals surface area contributed by atoms with Gasteiger partial charge in [0, 0.05) is 0 Å². The number of rotatable bonds is 4. The SMILES string of the molecule is [B]c1cccc(Cc2ccccc2-c2ccccc2C=C)c1. The van der Waals surface area contributed by atoms with E-state index in [1.165, 1.54) is 22.3 Å². The highest BCUT2D eigenvalue weighted by molar-refractivity contribution is 6.32. The average molecular weight is 280 g/mol. The first-order valence-electron chi connectivity index (χ1n) is 7.42. The molecule has 3 aromatic rings. The van der Waals surface area contributed by atoms with Gasteiger partial charge in [-0.25, -0.2) is 0 Å². The molecule has 0 aliphatic heterocycles. The minimum Gasteiger partial charge on any atom is -0.0984 e. The second-order valence-electron chi connectivity index (χ2n) is 5.37. The summed E-state index contributed by atoms with van der Waals surface area (Å²) < 4.78 is 0. The van der Waals surface area contributed by atoms with Crippen LogP contribution in [0.1, 0.15) is 16.7 Å². The Hall–Kier alpha value is -2.54. The van der Waals surface area contributed by atoms with E-state index >= 15 is 0 Å². The van der Waals surface area contributed by atoms with Crippen molar-refractivity contribution in [1.82, 2.24) is 0 Å². The van der Waals surface area contributed by atoms with Crippen molar-refractivity contribution >= 4 is 19.4 Å². The Kier molecular flexibility index (Phi) is 4.25. The van der Waals surface area contributed by atoms with Gasteiger partial charge < -0.3 is 0 Å². The predicted molar refractivity (Wildman–Crippen MR) is 96.6 cm³/mol. The van der Waals surface area contributed by atoms with Crippen LogP contribution in [0.25, 0.3) is 17.2 Å². The van der Waals surface area contributed by atoms with Gasteiger partial charge in [0.15, 0.2) is 0 Å². The van der Waals surface area contributed by atoms with E-state index < -0.39 is 0 Å². The van der Waals surface area contributed by atoms with Gasteiger partial charge in [-0.1, -0.05) is 90.9 Å². The molecule has 0 saturated carbocycles. The molecule has 0 nitrogen and oxygen atoms in total. The number of benzene rings is 3. The second-order valence-corrected chi connectivity index (χ2v) is 5.37. The Labute approximate surface area is 133 Å². The highest BCUT2D eigenvalue weighted by Gasteiger charge is 2.08. The third kappa shape index (κ3) is 3.04. The highest BCUT2D eigenvalue weighted by Crippen LogP contribution is 2.29. The van der Waals surface area contributed by atoms with Gasteiger partial charge in [-0.2, -0.15) is 0 Å². The van der Waals surface area contributed by atoms with Gasteiger partial charge >= 0.3 is 0 Å². The Morgan fingerprint density at radius 2 is 1.55 bits per heavy atom. The maximum Gasteiger partial charge on any atom is 0.113 e. The first-order valence-corrected chi connectivity index (χ1v) is 7.42. The first-order chi connectivity index (χ1) is 10.8. The monoisotopic (exact) mass is 280 g/mol. The molecule has 0 spiro atoms. The Morgan fingerprint density at radius 1 is 0.818 bits per heavy atom. The Balaban J connectivity index is 2.05. The van der Waals surface area contributed by atoms with Gasteiger partial charge in [0.2, 0.25) is 0 Å². The van der Waals surface area contributed by atoms with Crippen LogP contribution in [-0.4, -0.2) is 7.85 Å². The van der Waals surface area contributed by atoms with Gasteiger partial charge in [-0.15, -0.1) is 0 Å². The summed E-state index contributed by atoms with van der Waals surface area (Å²) in [5, 5.41) is 0. The molecule has 0 saturated heterocycles. The van der Waals surface area contributed by atoms with Crippen LogP contribution in [0.4, 0.5) is 0 Å². The van der Waals surface area contributed by atoms with Gasteiger partial charge in [0.05, 0.1) is 0 Å². The van der Waals surface area contributed by atoms with Crippen LogP contribution >= 0.6 is 0 Å². The standard InChI is InChI=1S/C21H17B/c1-2-17-9-3-5-12-20(17)21-13-6-4-10-18(21)14-16-8-7-11-19(22)15-16/h2-13,15H,1,14H2. The average Bonchev–Trinajstić information content (AvgIpc) is 2.55. The summed E-state index contributed by atoms with van der Waals surface area (Å²) in [6, 6.07) is 25.0. The number of hydrogen-bond donors (Lipinski definition) is 0. The lowest BCUT2D eigenvalue weighted by atomic mass is 9.89. The third-order valence-electron chi connectivity index (χ3n) is 3.83. The van der Waals surface area contributed by atoms with Crippen molar-refractivity contribution in [2.24, 2.45) is 0 Å². The van der Waals surface area contributed by atoms with Crippen molar-refractivity contribution in [2.75, 3.05) is 0 Å². The van der Waals surface area contributed by atoms with Crippen molar-refractivity contribution < 1.29 is 0 Å². The smallest absolute Gasteiger partial charge is 0.0984 e. The van der Waals surface area contributed by atoms with Crippen LogP contribution in [0.15, 0.2) is 79.4 Å². The second kappa shape index (κ2) is 6.49. The zero-order valence-electron chi connectivity index (χ0n) is 12.5. The maximum atomic E-state index is 5.89. The largest absolute Gasteiger partial charge is 0.113 e. The molecule has 0 unspecified atom stereocenters. The highest BCUT2D eigenvalue weighted by atomic mass is 14.1. The molecule has 3 aromatic carbocycles. The van der Waals surface area contributed by atoms with Crippen LogP contribution in [0, 0.1) is 0 Å². The van der Waals surface area contributed by atoms with Crippen molar-refractivity contribution in [2.45, 2.75) is 6.42 Å². The molecule has 3 rings (SSSR count). The summed E-state index contributed by atoms with van der Waals surface area (Å²) in [5.74, 6) is 0. The molecular weight excluding hydrogens is 263 g/mol. The zero-order valence-corrected chi connectivity index (χ0v) is 12.5. The molecule has 22 heavy (non-hydrogen) atoms. The quantitative estimate of drug-likeness (QED) is 0.622. The molecule has 0 fully saturated rings. The van der Waals surface area contributed by atoms with Crippen molar-refractivity contribution in [3.8, 4) is 11.1 Å². The van der Waals surface area contributed by atoms with Gasteiger partial charge in [0.1, 0.15) is 7.85 Å². The predicted octanol–water partition coefficient (Wildman–Crippen LogP) is 4.38.